The Morgan fingerprint density at radius 2 is 1.90 bits per heavy atom. The molecule has 0 aliphatic carbocycles. The molecule has 0 saturated carbocycles. The van der Waals surface area contributed by atoms with E-state index in [0.29, 0.717) is 23.6 Å². The summed E-state index contributed by atoms with van der Waals surface area (Å²) in [5.41, 5.74) is 2.88. The predicted molar refractivity (Wildman–Crippen MR) is 121 cm³/mol. The molecule has 2 amide bonds. The summed E-state index contributed by atoms with van der Waals surface area (Å²) in [7, 11) is 1.76. The summed E-state index contributed by atoms with van der Waals surface area (Å²) < 4.78 is 2.63. The van der Waals surface area contributed by atoms with E-state index < -0.39 is 5.92 Å². The fourth-order valence-corrected chi connectivity index (χ4v) is 3.84. The van der Waals surface area contributed by atoms with Crippen molar-refractivity contribution in [3.63, 3.8) is 0 Å². The van der Waals surface area contributed by atoms with Gasteiger partial charge in [-0.05, 0) is 55.0 Å². The number of benzene rings is 2. The second kappa shape index (κ2) is 8.47. The largest absolute Gasteiger partial charge is 0.331 e. The number of nitrogens with zero attached hydrogens (tertiary/aromatic N) is 3. The Morgan fingerprint density at radius 3 is 2.55 bits per heavy atom. The molecule has 2 heterocycles. The Labute approximate surface area is 188 Å². The van der Waals surface area contributed by atoms with Crippen molar-refractivity contribution < 1.29 is 14.4 Å². The molecule has 1 aliphatic rings. The van der Waals surface area contributed by atoms with Crippen LogP contribution in [0.25, 0.3) is 0 Å². The molecule has 31 heavy (non-hydrogen) atoms. The van der Waals surface area contributed by atoms with Crippen LogP contribution in [0.4, 0.5) is 11.4 Å². The number of hydrogen-bond donors (Lipinski definition) is 1. The maximum Gasteiger partial charge on any atom is 0.229 e. The summed E-state index contributed by atoms with van der Waals surface area (Å²) in [6.07, 6.45) is 3.45. The number of imidazole rings is 1. The van der Waals surface area contributed by atoms with Crippen LogP contribution in [0.15, 0.2) is 59.3 Å². The van der Waals surface area contributed by atoms with E-state index in [-0.39, 0.29) is 24.0 Å². The van der Waals surface area contributed by atoms with Crippen LogP contribution >= 0.6 is 15.9 Å². The molecule has 0 spiro atoms. The van der Waals surface area contributed by atoms with E-state index in [9.17, 15) is 14.4 Å². The van der Waals surface area contributed by atoms with Crippen LogP contribution in [0.2, 0.25) is 0 Å². The Bertz CT molecular complexity index is 1170. The number of hydrogen-bond acceptors (Lipinski definition) is 4. The number of ketones is 1. The molecular weight excluding hydrogens is 460 g/mol. The quantitative estimate of drug-likeness (QED) is 0.564. The number of carbonyl (C=O) groups is 3. The zero-order valence-corrected chi connectivity index (χ0v) is 18.7. The number of halogens is 1. The van der Waals surface area contributed by atoms with Crippen molar-refractivity contribution in [1.82, 2.24) is 9.55 Å². The van der Waals surface area contributed by atoms with Crippen LogP contribution in [0.1, 0.15) is 28.2 Å². The van der Waals surface area contributed by atoms with Gasteiger partial charge in [-0.25, -0.2) is 4.98 Å². The molecule has 1 unspecified atom stereocenters. The molecule has 0 radical (unpaired) electrons. The van der Waals surface area contributed by atoms with Crippen molar-refractivity contribution in [1.29, 1.82) is 0 Å². The number of rotatable bonds is 5. The van der Waals surface area contributed by atoms with Crippen molar-refractivity contribution >= 4 is 44.9 Å². The maximum absolute atomic E-state index is 12.7. The van der Waals surface area contributed by atoms with E-state index in [4.69, 9.17) is 0 Å². The first-order valence-electron chi connectivity index (χ1n) is 9.83. The van der Waals surface area contributed by atoms with Crippen LogP contribution in [-0.2, 0) is 16.6 Å². The van der Waals surface area contributed by atoms with Gasteiger partial charge >= 0.3 is 0 Å². The molecule has 0 bridgehead atoms. The van der Waals surface area contributed by atoms with Crippen LogP contribution in [-0.4, -0.2) is 33.7 Å². The first-order chi connectivity index (χ1) is 14.8. The summed E-state index contributed by atoms with van der Waals surface area (Å²) in [4.78, 5) is 43.4. The number of aromatic nitrogens is 2. The molecule has 8 heteroatoms. The fraction of sp³-hybridized carbons (Fsp3) is 0.217. The summed E-state index contributed by atoms with van der Waals surface area (Å²) in [6, 6.07) is 12.4. The number of nitrogens with one attached hydrogen (secondary N) is 1. The third-order valence-corrected chi connectivity index (χ3v) is 6.28. The molecule has 158 valence electrons. The lowest BCUT2D eigenvalue weighted by Gasteiger charge is -2.18. The smallest absolute Gasteiger partial charge is 0.229 e. The molecular formula is C23H21BrN4O3. The van der Waals surface area contributed by atoms with E-state index in [2.05, 4.69) is 26.2 Å². The summed E-state index contributed by atoms with van der Waals surface area (Å²) >= 11 is 3.46. The zero-order chi connectivity index (χ0) is 22.1. The zero-order valence-electron chi connectivity index (χ0n) is 17.1. The number of carbonyl (C=O) groups excluding carboxylic acids is 3. The van der Waals surface area contributed by atoms with Gasteiger partial charge in [0.25, 0.3) is 0 Å². The van der Waals surface area contributed by atoms with E-state index in [1.54, 1.807) is 53.2 Å². The molecule has 1 saturated heterocycles. The SMILES string of the molecule is Cc1cc(N2CC(C(=O)Nc3ccc(C(=O)c4nccn4C)cc3)CC2=O)ccc1Br. The highest BCUT2D eigenvalue weighted by molar-refractivity contribution is 9.10. The maximum atomic E-state index is 12.7. The van der Waals surface area contributed by atoms with Gasteiger partial charge in [0.1, 0.15) is 0 Å². The first kappa shape index (κ1) is 21.0. The third-order valence-electron chi connectivity index (χ3n) is 5.39. The van der Waals surface area contributed by atoms with Gasteiger partial charge in [0.2, 0.25) is 17.6 Å². The number of amides is 2. The van der Waals surface area contributed by atoms with Crippen molar-refractivity contribution in [3.05, 3.63) is 76.3 Å². The van der Waals surface area contributed by atoms with Gasteiger partial charge < -0.3 is 14.8 Å². The molecule has 3 aromatic rings. The highest BCUT2D eigenvalue weighted by atomic mass is 79.9. The molecule has 1 N–H and O–H groups in total. The molecule has 2 aromatic carbocycles. The molecule has 1 atom stereocenters. The van der Waals surface area contributed by atoms with Gasteiger partial charge in [-0.15, -0.1) is 0 Å². The molecule has 1 aromatic heterocycles. The van der Waals surface area contributed by atoms with Crippen LogP contribution in [0.3, 0.4) is 0 Å². The molecule has 1 fully saturated rings. The van der Waals surface area contributed by atoms with E-state index in [1.165, 1.54) is 0 Å². The number of anilines is 2. The Morgan fingerprint density at radius 1 is 1.16 bits per heavy atom. The van der Waals surface area contributed by atoms with Gasteiger partial charge in [-0.3, -0.25) is 14.4 Å². The minimum atomic E-state index is -0.440. The summed E-state index contributed by atoms with van der Waals surface area (Å²) in [5.74, 6) is -0.562. The standard InChI is InChI=1S/C23H21BrN4O3/c1-14-11-18(7-8-19(14)24)28-13-16(12-20(28)29)23(31)26-17-5-3-15(4-6-17)21(30)22-25-9-10-27(22)2/h3-11,16H,12-13H2,1-2H3,(H,26,31). The molecule has 7 nitrogen and oxygen atoms in total. The van der Waals surface area contributed by atoms with Crippen molar-refractivity contribution in [3.8, 4) is 0 Å². The first-order valence-corrected chi connectivity index (χ1v) is 10.6. The summed E-state index contributed by atoms with van der Waals surface area (Å²) in [5, 5.41) is 2.85. The minimum Gasteiger partial charge on any atom is -0.331 e. The second-order valence-corrected chi connectivity index (χ2v) is 8.45. The molecule has 1 aliphatic heterocycles. The Kier molecular flexibility index (Phi) is 5.73. The predicted octanol–water partition coefficient (Wildman–Crippen LogP) is 3.71. The van der Waals surface area contributed by atoms with Crippen molar-refractivity contribution in [2.24, 2.45) is 13.0 Å². The normalized spacial score (nSPS) is 15.9. The summed E-state index contributed by atoms with van der Waals surface area (Å²) in [6.45, 7) is 2.29. The topological polar surface area (TPSA) is 84.3 Å². The highest BCUT2D eigenvalue weighted by Gasteiger charge is 2.35. The monoisotopic (exact) mass is 480 g/mol. The highest BCUT2D eigenvalue weighted by Crippen LogP contribution is 2.29. The third kappa shape index (κ3) is 4.29. The van der Waals surface area contributed by atoms with Gasteiger partial charge in [0.05, 0.1) is 5.92 Å². The Hall–Kier alpha value is -3.26. The van der Waals surface area contributed by atoms with Crippen molar-refractivity contribution in [2.45, 2.75) is 13.3 Å². The second-order valence-electron chi connectivity index (χ2n) is 7.60. The lowest BCUT2D eigenvalue weighted by Crippen LogP contribution is -2.28. The minimum absolute atomic E-state index is 0.0714. The van der Waals surface area contributed by atoms with Crippen molar-refractivity contribution in [2.75, 3.05) is 16.8 Å². The lowest BCUT2D eigenvalue weighted by molar-refractivity contribution is -0.122. The van der Waals surface area contributed by atoms with Gasteiger partial charge in [-0.2, -0.15) is 0 Å². The lowest BCUT2D eigenvalue weighted by atomic mass is 10.1. The fourth-order valence-electron chi connectivity index (χ4n) is 3.59. The van der Waals surface area contributed by atoms with Crippen LogP contribution in [0, 0.1) is 12.8 Å². The van der Waals surface area contributed by atoms with Crippen LogP contribution in [0.5, 0.6) is 0 Å². The van der Waals surface area contributed by atoms with E-state index >= 15 is 0 Å². The van der Waals surface area contributed by atoms with Gasteiger partial charge in [0, 0.05) is 53.8 Å². The average Bonchev–Trinajstić information content (AvgIpc) is 3.36. The average molecular weight is 481 g/mol. The van der Waals surface area contributed by atoms with E-state index in [1.807, 2.05) is 25.1 Å². The van der Waals surface area contributed by atoms with Gasteiger partial charge in [0.15, 0.2) is 5.82 Å². The van der Waals surface area contributed by atoms with E-state index in [0.717, 1.165) is 15.7 Å². The molecule has 4 rings (SSSR count). The Balaban J connectivity index is 1.41. The van der Waals surface area contributed by atoms with Gasteiger partial charge in [-0.1, -0.05) is 15.9 Å². The number of aryl methyl sites for hydroxylation is 2. The van der Waals surface area contributed by atoms with Crippen LogP contribution < -0.4 is 10.2 Å².